The normalized spacial score (nSPS) is 11.3. The summed E-state index contributed by atoms with van der Waals surface area (Å²) in [6, 6.07) is 20.3. The number of ether oxygens (including phenoxy) is 2. The Morgan fingerprint density at radius 1 is 1.07 bits per heavy atom. The zero-order chi connectivity index (χ0) is 20.9. The van der Waals surface area contributed by atoms with Gasteiger partial charge in [-0.2, -0.15) is 14.9 Å². The Morgan fingerprint density at radius 3 is 2.70 bits per heavy atom. The van der Waals surface area contributed by atoms with E-state index in [0.717, 1.165) is 11.1 Å². The standard InChI is InChI=1S/C23H22N4O2S/c1-3-28-22-13-17(14-24-27-16(2)25-26-23(27)30)11-12-21(22)29-15-19-9-6-8-18-7-4-5-10-20(18)19/h4-14H,3,15H2,1-2H3,(H,26,30)/b24-14-. The van der Waals surface area contributed by atoms with Crippen molar-refractivity contribution in [3.8, 4) is 11.5 Å². The molecule has 0 spiro atoms. The zero-order valence-corrected chi connectivity index (χ0v) is 17.6. The number of H-pyrrole nitrogens is 1. The van der Waals surface area contributed by atoms with Crippen molar-refractivity contribution in [2.24, 2.45) is 5.10 Å². The first kappa shape index (κ1) is 19.8. The van der Waals surface area contributed by atoms with Crippen LogP contribution in [0.4, 0.5) is 0 Å². The summed E-state index contributed by atoms with van der Waals surface area (Å²) >= 11 is 5.18. The van der Waals surface area contributed by atoms with E-state index in [9.17, 15) is 0 Å². The first-order valence-electron chi connectivity index (χ1n) is 9.70. The molecule has 4 aromatic rings. The van der Waals surface area contributed by atoms with E-state index in [1.165, 1.54) is 10.8 Å². The largest absolute Gasteiger partial charge is 0.490 e. The van der Waals surface area contributed by atoms with Crippen LogP contribution < -0.4 is 9.47 Å². The van der Waals surface area contributed by atoms with Crippen LogP contribution in [-0.4, -0.2) is 27.7 Å². The number of nitrogens with one attached hydrogen (secondary N) is 1. The summed E-state index contributed by atoms with van der Waals surface area (Å²) in [7, 11) is 0. The lowest BCUT2D eigenvalue weighted by Gasteiger charge is -2.13. The summed E-state index contributed by atoms with van der Waals surface area (Å²) in [6.07, 6.45) is 1.72. The van der Waals surface area contributed by atoms with E-state index in [0.29, 0.717) is 35.3 Å². The van der Waals surface area contributed by atoms with E-state index in [2.05, 4.69) is 39.6 Å². The predicted octanol–water partition coefficient (Wildman–Crippen LogP) is 5.26. The molecule has 0 saturated heterocycles. The van der Waals surface area contributed by atoms with Gasteiger partial charge in [0, 0.05) is 0 Å². The molecule has 152 valence electrons. The Labute approximate surface area is 179 Å². The summed E-state index contributed by atoms with van der Waals surface area (Å²) in [5.74, 6) is 2.06. The molecule has 0 aliphatic rings. The van der Waals surface area contributed by atoms with Gasteiger partial charge in [-0.25, -0.2) is 0 Å². The van der Waals surface area contributed by atoms with Gasteiger partial charge in [0.2, 0.25) is 4.77 Å². The third-order valence-corrected chi connectivity index (χ3v) is 4.93. The highest BCUT2D eigenvalue weighted by Gasteiger charge is 2.08. The number of hydrogen-bond acceptors (Lipinski definition) is 5. The van der Waals surface area contributed by atoms with Crippen LogP contribution in [0.1, 0.15) is 23.9 Å². The Balaban J connectivity index is 1.57. The average molecular weight is 419 g/mol. The molecule has 4 rings (SSSR count). The number of aromatic amines is 1. The Morgan fingerprint density at radius 2 is 1.90 bits per heavy atom. The molecule has 7 heteroatoms. The van der Waals surface area contributed by atoms with Gasteiger partial charge in [-0.05, 0) is 66.2 Å². The van der Waals surface area contributed by atoms with Crippen LogP contribution in [0, 0.1) is 11.7 Å². The third kappa shape index (κ3) is 4.26. The van der Waals surface area contributed by atoms with Crippen molar-refractivity contribution >= 4 is 29.2 Å². The molecule has 0 atom stereocenters. The van der Waals surface area contributed by atoms with Crippen molar-refractivity contribution in [1.82, 2.24) is 14.9 Å². The van der Waals surface area contributed by atoms with Crippen LogP contribution >= 0.6 is 12.2 Å². The van der Waals surface area contributed by atoms with Crippen LogP contribution in [0.2, 0.25) is 0 Å². The van der Waals surface area contributed by atoms with Crippen molar-refractivity contribution < 1.29 is 9.47 Å². The molecule has 0 bridgehead atoms. The van der Waals surface area contributed by atoms with Gasteiger partial charge in [0.15, 0.2) is 11.5 Å². The maximum atomic E-state index is 6.12. The molecule has 6 nitrogen and oxygen atoms in total. The molecule has 1 heterocycles. The van der Waals surface area contributed by atoms with Crippen LogP contribution in [0.3, 0.4) is 0 Å². The second-order valence-corrected chi connectivity index (χ2v) is 7.09. The monoisotopic (exact) mass is 418 g/mol. The molecule has 0 amide bonds. The van der Waals surface area contributed by atoms with Gasteiger partial charge < -0.3 is 9.47 Å². The van der Waals surface area contributed by atoms with Gasteiger partial charge in [-0.15, -0.1) is 0 Å². The summed E-state index contributed by atoms with van der Waals surface area (Å²) in [5.41, 5.74) is 2.00. The molecule has 0 unspecified atom stereocenters. The predicted molar refractivity (Wildman–Crippen MR) is 121 cm³/mol. The number of hydrogen-bond donors (Lipinski definition) is 1. The fourth-order valence-corrected chi connectivity index (χ4v) is 3.42. The summed E-state index contributed by atoms with van der Waals surface area (Å²) in [6.45, 7) is 4.78. The van der Waals surface area contributed by atoms with Gasteiger partial charge in [0.05, 0.1) is 12.8 Å². The lowest BCUT2D eigenvalue weighted by molar-refractivity contribution is 0.270. The number of nitrogens with zero attached hydrogens (tertiary/aromatic N) is 3. The molecule has 1 aromatic heterocycles. The lowest BCUT2D eigenvalue weighted by atomic mass is 10.1. The van der Waals surface area contributed by atoms with Crippen molar-refractivity contribution in [3.63, 3.8) is 0 Å². The van der Waals surface area contributed by atoms with Crippen molar-refractivity contribution in [1.29, 1.82) is 0 Å². The van der Waals surface area contributed by atoms with E-state index in [-0.39, 0.29) is 0 Å². The first-order chi connectivity index (χ1) is 14.7. The quantitative estimate of drug-likeness (QED) is 0.328. The average Bonchev–Trinajstić information content (AvgIpc) is 3.09. The van der Waals surface area contributed by atoms with Gasteiger partial charge >= 0.3 is 0 Å². The van der Waals surface area contributed by atoms with E-state index >= 15 is 0 Å². The Kier molecular flexibility index (Phi) is 5.90. The molecule has 30 heavy (non-hydrogen) atoms. The number of fused-ring (bicyclic) bond motifs is 1. The number of aromatic nitrogens is 3. The minimum atomic E-state index is 0.448. The highest BCUT2D eigenvalue weighted by Crippen LogP contribution is 2.30. The second-order valence-electron chi connectivity index (χ2n) is 6.70. The van der Waals surface area contributed by atoms with Gasteiger partial charge in [0.25, 0.3) is 0 Å². The van der Waals surface area contributed by atoms with Crippen LogP contribution in [0.25, 0.3) is 10.8 Å². The Hall–Kier alpha value is -3.45. The summed E-state index contributed by atoms with van der Waals surface area (Å²) in [5, 5.41) is 13.5. The van der Waals surface area contributed by atoms with E-state index in [1.54, 1.807) is 10.9 Å². The van der Waals surface area contributed by atoms with Gasteiger partial charge in [-0.1, -0.05) is 42.5 Å². The maximum Gasteiger partial charge on any atom is 0.216 e. The SMILES string of the molecule is CCOc1cc(/C=N\n2c(C)n[nH]c2=S)ccc1OCc1cccc2ccccc12. The van der Waals surface area contributed by atoms with Crippen LogP contribution in [0.15, 0.2) is 65.8 Å². The first-order valence-corrected chi connectivity index (χ1v) is 10.1. The molecule has 0 saturated carbocycles. The highest BCUT2D eigenvalue weighted by molar-refractivity contribution is 7.71. The lowest BCUT2D eigenvalue weighted by Crippen LogP contribution is -2.01. The van der Waals surface area contributed by atoms with Crippen molar-refractivity contribution in [3.05, 3.63) is 82.4 Å². The number of benzene rings is 3. The highest BCUT2D eigenvalue weighted by atomic mass is 32.1. The topological polar surface area (TPSA) is 64.4 Å². The van der Waals surface area contributed by atoms with E-state index in [1.807, 2.05) is 50.2 Å². The smallest absolute Gasteiger partial charge is 0.216 e. The molecule has 0 radical (unpaired) electrons. The zero-order valence-electron chi connectivity index (χ0n) is 16.8. The third-order valence-electron chi connectivity index (χ3n) is 4.67. The molecule has 0 aliphatic heterocycles. The Bertz CT molecular complexity index is 1250. The molecular formula is C23H22N4O2S. The number of aryl methyl sites for hydroxylation is 1. The molecule has 3 aromatic carbocycles. The molecule has 0 aliphatic carbocycles. The number of rotatable bonds is 7. The second kappa shape index (κ2) is 8.92. The van der Waals surface area contributed by atoms with Gasteiger partial charge in [0.1, 0.15) is 12.4 Å². The van der Waals surface area contributed by atoms with Crippen LogP contribution in [-0.2, 0) is 6.61 Å². The molecule has 1 N–H and O–H groups in total. The van der Waals surface area contributed by atoms with Crippen LogP contribution in [0.5, 0.6) is 11.5 Å². The summed E-state index contributed by atoms with van der Waals surface area (Å²) < 4.78 is 13.9. The van der Waals surface area contributed by atoms with Gasteiger partial charge in [-0.3, -0.25) is 5.10 Å². The van der Waals surface area contributed by atoms with Crippen molar-refractivity contribution in [2.75, 3.05) is 6.61 Å². The summed E-state index contributed by atoms with van der Waals surface area (Å²) in [4.78, 5) is 0. The fourth-order valence-electron chi connectivity index (χ4n) is 3.20. The molecular weight excluding hydrogens is 396 g/mol. The minimum Gasteiger partial charge on any atom is -0.490 e. The van der Waals surface area contributed by atoms with E-state index < -0.39 is 0 Å². The van der Waals surface area contributed by atoms with Crippen molar-refractivity contribution in [2.45, 2.75) is 20.5 Å². The van der Waals surface area contributed by atoms with E-state index in [4.69, 9.17) is 21.7 Å². The minimum absolute atomic E-state index is 0.448. The fraction of sp³-hybridized carbons (Fsp3) is 0.174. The molecule has 0 fully saturated rings. The maximum absolute atomic E-state index is 6.12.